The highest BCUT2D eigenvalue weighted by Crippen LogP contribution is 2.30. The van der Waals surface area contributed by atoms with Crippen LogP contribution in [0.2, 0.25) is 0 Å². The lowest BCUT2D eigenvalue weighted by Crippen LogP contribution is -2.49. The van der Waals surface area contributed by atoms with Gasteiger partial charge < -0.3 is 50.0 Å². The Morgan fingerprint density at radius 1 is 0.847 bits per heavy atom. The maximum absolute atomic E-state index is 13.6. The number of carboxylic acids is 3. The molecule has 0 bridgehead atoms. The van der Waals surface area contributed by atoms with Gasteiger partial charge in [-0.1, -0.05) is 51.3 Å². The fraction of sp³-hybridized carbons (Fsp3) is 0.359. The van der Waals surface area contributed by atoms with Gasteiger partial charge in [0.15, 0.2) is 12.4 Å². The van der Waals surface area contributed by atoms with Gasteiger partial charge in [0.25, 0.3) is 11.8 Å². The van der Waals surface area contributed by atoms with Crippen molar-refractivity contribution in [3.8, 4) is 22.8 Å². The van der Waals surface area contributed by atoms with Crippen LogP contribution in [-0.4, -0.2) is 99.7 Å². The number of carboxylic acid groups (broad SMARTS) is 3. The molecule has 20 heteroatoms. The van der Waals surface area contributed by atoms with Crippen LogP contribution in [0.4, 0.5) is 0 Å². The van der Waals surface area contributed by atoms with Crippen molar-refractivity contribution in [2.75, 3.05) is 13.3 Å². The minimum absolute atomic E-state index is 0.0568. The van der Waals surface area contributed by atoms with Crippen LogP contribution in [0.25, 0.3) is 11.3 Å². The second-order valence-corrected chi connectivity index (χ2v) is 12.8. The number of unbranched alkanes of at least 4 members (excludes halogenated alkanes) is 2. The number of benzene rings is 2. The molecule has 3 atom stereocenters. The van der Waals surface area contributed by atoms with Crippen molar-refractivity contribution < 1.29 is 77.2 Å². The fourth-order valence-corrected chi connectivity index (χ4v) is 5.72. The van der Waals surface area contributed by atoms with Crippen LogP contribution < -0.4 is 25.4 Å². The van der Waals surface area contributed by atoms with E-state index in [9.17, 15) is 48.3 Å². The number of rotatable bonds is 24. The Bertz CT molecular complexity index is 2030. The van der Waals surface area contributed by atoms with Crippen LogP contribution in [-0.2, 0) is 33.6 Å². The standard InChI is InChI=1S/C39H44N4O16/c1-4-6-7-10-24(28(5-2)43(21-44)59-39(55)26-11-8-9-12-30(26)57-22(3)45)35(50)40-20-41-37(52)31-16-15-29(58-31)23-13-14-25(32(17-23)56-19-34(48)49)36(51)42-27(38(53)54)18-33(46)47/h8-9,11-17,21,24,27-28H,4-7,10,18-20H2,1-3H3,(H,40,50)(H,41,52)(H,42,51)(H,46,47)(H,48,49)(H,53,54). The van der Waals surface area contributed by atoms with Crippen LogP contribution in [0.1, 0.15) is 90.6 Å². The van der Waals surface area contributed by atoms with Gasteiger partial charge in [-0.05, 0) is 49.2 Å². The van der Waals surface area contributed by atoms with Crippen LogP contribution in [0.5, 0.6) is 11.5 Å². The molecule has 0 saturated carbocycles. The molecular weight excluding hydrogens is 780 g/mol. The summed E-state index contributed by atoms with van der Waals surface area (Å²) in [5, 5.41) is 35.3. The summed E-state index contributed by atoms with van der Waals surface area (Å²) in [6.45, 7) is 3.53. The monoisotopic (exact) mass is 824 g/mol. The lowest BCUT2D eigenvalue weighted by atomic mass is 9.90. The zero-order chi connectivity index (χ0) is 43.6. The third-order valence-corrected chi connectivity index (χ3v) is 8.50. The first-order valence-corrected chi connectivity index (χ1v) is 18.2. The molecule has 3 aromatic rings. The number of carbonyl (C=O) groups is 9. The number of carbonyl (C=O) groups excluding carboxylic acids is 6. The number of hydrogen-bond donors (Lipinski definition) is 6. The Kier molecular flexibility index (Phi) is 17.6. The second kappa shape index (κ2) is 22.5. The molecule has 3 rings (SSSR count). The zero-order valence-electron chi connectivity index (χ0n) is 32.3. The highest BCUT2D eigenvalue weighted by atomic mass is 16.7. The molecule has 2 aromatic carbocycles. The summed E-state index contributed by atoms with van der Waals surface area (Å²) in [5.41, 5.74) is -0.244. The van der Waals surface area contributed by atoms with E-state index in [4.69, 9.17) is 28.9 Å². The number of ether oxygens (including phenoxy) is 2. The molecule has 1 heterocycles. The maximum Gasteiger partial charge on any atom is 0.367 e. The van der Waals surface area contributed by atoms with Crippen molar-refractivity contribution in [1.82, 2.24) is 21.0 Å². The molecule has 6 N–H and O–H groups in total. The van der Waals surface area contributed by atoms with Gasteiger partial charge in [-0.3, -0.25) is 28.8 Å². The van der Waals surface area contributed by atoms with E-state index in [0.717, 1.165) is 30.9 Å². The summed E-state index contributed by atoms with van der Waals surface area (Å²) < 4.78 is 16.0. The topological polar surface area (TPSA) is 294 Å². The highest BCUT2D eigenvalue weighted by molar-refractivity contribution is 6.00. The molecule has 20 nitrogen and oxygen atoms in total. The molecule has 0 aliphatic carbocycles. The number of para-hydroxylation sites is 1. The van der Waals surface area contributed by atoms with E-state index in [1.165, 1.54) is 48.5 Å². The third-order valence-electron chi connectivity index (χ3n) is 8.50. The predicted octanol–water partition coefficient (Wildman–Crippen LogP) is 3.00. The quantitative estimate of drug-likeness (QED) is 0.0189. The van der Waals surface area contributed by atoms with Gasteiger partial charge in [0.2, 0.25) is 12.3 Å². The predicted molar refractivity (Wildman–Crippen MR) is 202 cm³/mol. The molecule has 0 fully saturated rings. The normalized spacial score (nSPS) is 12.1. The first kappa shape index (κ1) is 46.1. The van der Waals surface area contributed by atoms with E-state index < -0.39 is 78.6 Å². The molecule has 0 aliphatic rings. The van der Waals surface area contributed by atoms with Gasteiger partial charge in [-0.25, -0.2) is 14.4 Å². The summed E-state index contributed by atoms with van der Waals surface area (Å²) in [5.74, 6) is -10.0. The van der Waals surface area contributed by atoms with Crippen molar-refractivity contribution in [1.29, 1.82) is 0 Å². The number of amides is 4. The Hall–Kier alpha value is -7.25. The first-order chi connectivity index (χ1) is 28.1. The van der Waals surface area contributed by atoms with E-state index in [-0.39, 0.29) is 59.2 Å². The molecule has 316 valence electrons. The molecule has 1 aromatic heterocycles. The van der Waals surface area contributed by atoms with Gasteiger partial charge in [0.1, 0.15) is 28.9 Å². The Labute approximate surface area is 336 Å². The van der Waals surface area contributed by atoms with E-state index in [0.29, 0.717) is 12.8 Å². The van der Waals surface area contributed by atoms with E-state index in [2.05, 4.69) is 16.0 Å². The van der Waals surface area contributed by atoms with Crippen molar-refractivity contribution >= 4 is 54.0 Å². The van der Waals surface area contributed by atoms with Crippen LogP contribution in [0.15, 0.2) is 59.0 Å². The van der Waals surface area contributed by atoms with E-state index in [1.54, 1.807) is 6.92 Å². The molecule has 59 heavy (non-hydrogen) atoms. The third kappa shape index (κ3) is 13.7. The largest absolute Gasteiger partial charge is 0.481 e. The summed E-state index contributed by atoms with van der Waals surface area (Å²) >= 11 is 0. The van der Waals surface area contributed by atoms with E-state index >= 15 is 0 Å². The van der Waals surface area contributed by atoms with E-state index in [1.807, 2.05) is 6.92 Å². The molecule has 3 unspecified atom stereocenters. The molecule has 0 spiro atoms. The number of nitrogens with zero attached hydrogens (tertiary/aromatic N) is 1. The average Bonchev–Trinajstić information content (AvgIpc) is 3.69. The maximum atomic E-state index is 13.6. The molecule has 0 aliphatic heterocycles. The lowest BCUT2D eigenvalue weighted by molar-refractivity contribution is -0.171. The number of hydroxylamine groups is 2. The summed E-state index contributed by atoms with van der Waals surface area (Å²) in [6.07, 6.45) is 1.99. The average molecular weight is 825 g/mol. The lowest BCUT2D eigenvalue weighted by Gasteiger charge is -2.32. The molecule has 0 saturated heterocycles. The Morgan fingerprint density at radius 3 is 2.20 bits per heavy atom. The van der Waals surface area contributed by atoms with Crippen molar-refractivity contribution in [2.45, 2.75) is 71.4 Å². The number of nitrogens with one attached hydrogen (secondary N) is 3. The molecule has 0 radical (unpaired) electrons. The summed E-state index contributed by atoms with van der Waals surface area (Å²) in [7, 11) is 0. The van der Waals surface area contributed by atoms with Crippen LogP contribution in [0, 0.1) is 5.92 Å². The smallest absolute Gasteiger partial charge is 0.367 e. The molecular formula is C39H44N4O16. The first-order valence-electron chi connectivity index (χ1n) is 18.2. The van der Waals surface area contributed by atoms with Crippen LogP contribution >= 0.6 is 0 Å². The van der Waals surface area contributed by atoms with Crippen molar-refractivity contribution in [2.24, 2.45) is 5.92 Å². The van der Waals surface area contributed by atoms with Crippen molar-refractivity contribution in [3.05, 3.63) is 71.5 Å². The number of hydrogen-bond acceptors (Lipinski definition) is 13. The minimum Gasteiger partial charge on any atom is -0.481 e. The number of aliphatic carboxylic acids is 3. The SMILES string of the molecule is CCCCCC(C(=O)NCNC(=O)c1ccc(-c2ccc(C(=O)NC(CC(=O)O)C(=O)O)c(OCC(=O)O)c2)o1)C(CC)N(C=O)OC(=O)c1ccccc1OC(C)=O. The van der Waals surface area contributed by atoms with Gasteiger partial charge >= 0.3 is 29.8 Å². The van der Waals surface area contributed by atoms with Gasteiger partial charge in [0, 0.05) is 12.5 Å². The van der Waals surface area contributed by atoms with Gasteiger partial charge in [0.05, 0.1) is 30.6 Å². The molecule has 4 amide bonds. The van der Waals surface area contributed by atoms with Gasteiger partial charge in [-0.2, -0.15) is 5.06 Å². The van der Waals surface area contributed by atoms with Crippen molar-refractivity contribution in [3.63, 3.8) is 0 Å². The minimum atomic E-state index is -1.80. The number of furan rings is 1. The number of esters is 1. The van der Waals surface area contributed by atoms with Gasteiger partial charge in [-0.15, -0.1) is 0 Å². The van der Waals surface area contributed by atoms with Crippen LogP contribution in [0.3, 0.4) is 0 Å². The Morgan fingerprint density at radius 2 is 1.58 bits per heavy atom. The second-order valence-electron chi connectivity index (χ2n) is 12.8. The summed E-state index contributed by atoms with van der Waals surface area (Å²) in [6, 6.07) is 9.41. The summed E-state index contributed by atoms with van der Waals surface area (Å²) in [4.78, 5) is 116. The highest BCUT2D eigenvalue weighted by Gasteiger charge is 2.34. The Balaban J connectivity index is 1.74. The zero-order valence-corrected chi connectivity index (χ0v) is 32.3. The fourth-order valence-electron chi connectivity index (χ4n) is 5.72.